The van der Waals surface area contributed by atoms with Crippen LogP contribution >= 0.6 is 39.0 Å². The van der Waals surface area contributed by atoms with Crippen molar-refractivity contribution in [2.45, 2.75) is 9.37 Å². The Bertz CT molecular complexity index is 446. The van der Waals surface area contributed by atoms with E-state index in [1.165, 1.54) is 18.1 Å². The number of rotatable bonds is 3. The van der Waals surface area contributed by atoms with E-state index in [0.717, 1.165) is 19.7 Å². The van der Waals surface area contributed by atoms with Crippen LogP contribution in [0.2, 0.25) is 0 Å². The lowest BCUT2D eigenvalue weighted by atomic mass is 10.6. The van der Waals surface area contributed by atoms with Crippen molar-refractivity contribution in [3.63, 3.8) is 0 Å². The van der Waals surface area contributed by atoms with Crippen LogP contribution in [-0.4, -0.2) is 22.0 Å². The molecular formula is C8H7BrN4S2. The van der Waals surface area contributed by atoms with Gasteiger partial charge in [-0.15, -0.1) is 11.3 Å². The molecule has 0 saturated carbocycles. The van der Waals surface area contributed by atoms with Gasteiger partial charge in [-0.25, -0.2) is 15.0 Å². The zero-order valence-corrected chi connectivity index (χ0v) is 11.0. The molecular weight excluding hydrogens is 296 g/mol. The molecule has 0 aromatic carbocycles. The molecule has 2 rings (SSSR count). The van der Waals surface area contributed by atoms with E-state index in [1.807, 2.05) is 12.4 Å². The number of thiazole rings is 1. The minimum atomic E-state index is 0.782. The molecule has 0 unspecified atom stereocenters. The summed E-state index contributed by atoms with van der Waals surface area (Å²) in [4.78, 5) is 12.5. The van der Waals surface area contributed by atoms with E-state index in [9.17, 15) is 0 Å². The summed E-state index contributed by atoms with van der Waals surface area (Å²) < 4.78 is 1.84. The van der Waals surface area contributed by atoms with E-state index < -0.39 is 0 Å². The monoisotopic (exact) mass is 302 g/mol. The maximum Gasteiger partial charge on any atom is 0.156 e. The fraction of sp³-hybridized carbons (Fsp3) is 0.125. The van der Waals surface area contributed by atoms with E-state index in [4.69, 9.17) is 0 Å². The summed E-state index contributed by atoms with van der Waals surface area (Å²) in [6, 6.07) is 0. The van der Waals surface area contributed by atoms with E-state index in [1.54, 1.807) is 17.5 Å². The Morgan fingerprint density at radius 3 is 2.93 bits per heavy atom. The van der Waals surface area contributed by atoms with Gasteiger partial charge in [0.25, 0.3) is 0 Å². The maximum atomic E-state index is 4.19. The highest BCUT2D eigenvalue weighted by Crippen LogP contribution is 2.35. The van der Waals surface area contributed by atoms with Gasteiger partial charge in [0.05, 0.1) is 4.47 Å². The molecule has 0 saturated heterocycles. The van der Waals surface area contributed by atoms with Crippen LogP contribution in [0.4, 0.5) is 5.82 Å². The predicted octanol–water partition coefficient (Wildman–Crippen LogP) is 2.89. The Hall–Kier alpha value is -0.660. The van der Waals surface area contributed by atoms with Gasteiger partial charge in [-0.05, 0) is 27.7 Å². The number of hydrogen-bond donors (Lipinski definition) is 1. The molecule has 1 N–H and O–H groups in total. The standard InChI is InChI=1S/C8H7BrN4S2/c1-10-6-5(9)7(13-4-12-6)15-8-11-2-3-14-8/h2-4H,1H3,(H,10,12,13). The molecule has 0 aliphatic rings. The summed E-state index contributed by atoms with van der Waals surface area (Å²) >= 11 is 6.57. The summed E-state index contributed by atoms with van der Waals surface area (Å²) in [6.07, 6.45) is 3.31. The first-order chi connectivity index (χ1) is 7.31. The van der Waals surface area contributed by atoms with Crippen LogP contribution in [0.5, 0.6) is 0 Å². The van der Waals surface area contributed by atoms with Crippen LogP contribution in [0.15, 0.2) is 31.7 Å². The van der Waals surface area contributed by atoms with Crippen molar-refractivity contribution >= 4 is 44.8 Å². The first-order valence-corrected chi connectivity index (χ1v) is 6.55. The summed E-state index contributed by atoms with van der Waals surface area (Å²) in [7, 11) is 1.82. The molecule has 0 fully saturated rings. The zero-order chi connectivity index (χ0) is 10.7. The van der Waals surface area contributed by atoms with Gasteiger partial charge in [-0.1, -0.05) is 0 Å². The molecule has 2 aromatic rings. The molecule has 7 heteroatoms. The number of anilines is 1. The van der Waals surface area contributed by atoms with Crippen molar-refractivity contribution < 1.29 is 0 Å². The number of hydrogen-bond acceptors (Lipinski definition) is 6. The number of nitrogens with zero attached hydrogens (tertiary/aromatic N) is 3. The van der Waals surface area contributed by atoms with Gasteiger partial charge in [0.15, 0.2) is 4.34 Å². The molecule has 0 radical (unpaired) electrons. The van der Waals surface area contributed by atoms with Crippen molar-refractivity contribution in [3.05, 3.63) is 22.4 Å². The van der Waals surface area contributed by atoms with Gasteiger partial charge < -0.3 is 5.32 Å². The lowest BCUT2D eigenvalue weighted by molar-refractivity contribution is 1.02. The molecule has 2 heterocycles. The zero-order valence-electron chi connectivity index (χ0n) is 7.77. The lowest BCUT2D eigenvalue weighted by Gasteiger charge is -2.04. The van der Waals surface area contributed by atoms with E-state index >= 15 is 0 Å². The number of aromatic nitrogens is 3. The van der Waals surface area contributed by atoms with Gasteiger partial charge >= 0.3 is 0 Å². The Balaban J connectivity index is 2.29. The minimum absolute atomic E-state index is 0.782. The SMILES string of the molecule is CNc1ncnc(Sc2nccs2)c1Br. The summed E-state index contributed by atoms with van der Waals surface area (Å²) in [5.41, 5.74) is 0. The van der Waals surface area contributed by atoms with Crippen molar-refractivity contribution in [2.24, 2.45) is 0 Å². The predicted molar refractivity (Wildman–Crippen MR) is 65.5 cm³/mol. The molecule has 0 aliphatic heterocycles. The molecule has 78 valence electrons. The fourth-order valence-electron chi connectivity index (χ4n) is 0.943. The Kier molecular flexibility index (Phi) is 3.55. The molecule has 0 spiro atoms. The molecule has 2 aromatic heterocycles. The number of nitrogens with one attached hydrogen (secondary N) is 1. The van der Waals surface area contributed by atoms with Crippen LogP contribution in [0.25, 0.3) is 0 Å². The van der Waals surface area contributed by atoms with Crippen molar-refractivity contribution in [3.8, 4) is 0 Å². The molecule has 15 heavy (non-hydrogen) atoms. The van der Waals surface area contributed by atoms with Crippen LogP contribution in [0.3, 0.4) is 0 Å². The van der Waals surface area contributed by atoms with Crippen LogP contribution < -0.4 is 5.32 Å². The largest absolute Gasteiger partial charge is 0.372 e. The summed E-state index contributed by atoms with van der Waals surface area (Å²) in [5.74, 6) is 0.782. The molecule has 0 amide bonds. The quantitative estimate of drug-likeness (QED) is 0.884. The second-order valence-corrected chi connectivity index (χ2v) is 5.41. The Morgan fingerprint density at radius 1 is 1.40 bits per heavy atom. The van der Waals surface area contributed by atoms with Crippen LogP contribution in [-0.2, 0) is 0 Å². The Morgan fingerprint density at radius 2 is 2.27 bits per heavy atom. The second-order valence-electron chi connectivity index (χ2n) is 2.49. The topological polar surface area (TPSA) is 50.7 Å². The Labute approximate surface area is 104 Å². The van der Waals surface area contributed by atoms with Crippen LogP contribution in [0, 0.1) is 0 Å². The molecule has 0 aliphatic carbocycles. The highest BCUT2D eigenvalue weighted by Gasteiger charge is 2.09. The molecule has 0 bridgehead atoms. The van der Waals surface area contributed by atoms with E-state index in [2.05, 4.69) is 36.2 Å². The highest BCUT2D eigenvalue weighted by atomic mass is 79.9. The minimum Gasteiger partial charge on any atom is -0.372 e. The summed E-state index contributed by atoms with van der Waals surface area (Å²) in [6.45, 7) is 0. The van der Waals surface area contributed by atoms with E-state index in [0.29, 0.717) is 0 Å². The first-order valence-electron chi connectivity index (χ1n) is 4.07. The van der Waals surface area contributed by atoms with Crippen molar-refractivity contribution in [1.82, 2.24) is 15.0 Å². The maximum absolute atomic E-state index is 4.19. The van der Waals surface area contributed by atoms with Gasteiger partial charge in [-0.2, -0.15) is 0 Å². The van der Waals surface area contributed by atoms with Gasteiger partial charge in [-0.3, -0.25) is 0 Å². The average Bonchev–Trinajstić information content (AvgIpc) is 2.74. The highest BCUT2D eigenvalue weighted by molar-refractivity contribution is 9.10. The fourth-order valence-corrected chi connectivity index (χ4v) is 3.11. The third-order valence-electron chi connectivity index (χ3n) is 1.59. The van der Waals surface area contributed by atoms with E-state index in [-0.39, 0.29) is 0 Å². The van der Waals surface area contributed by atoms with Crippen molar-refractivity contribution in [2.75, 3.05) is 12.4 Å². The number of halogens is 1. The van der Waals surface area contributed by atoms with Crippen LogP contribution in [0.1, 0.15) is 0 Å². The van der Waals surface area contributed by atoms with Gasteiger partial charge in [0.1, 0.15) is 17.2 Å². The summed E-state index contributed by atoms with van der Waals surface area (Å²) in [5, 5.41) is 5.79. The second kappa shape index (κ2) is 4.91. The van der Waals surface area contributed by atoms with Gasteiger partial charge in [0.2, 0.25) is 0 Å². The first kappa shape index (κ1) is 10.8. The average molecular weight is 303 g/mol. The molecule has 0 atom stereocenters. The lowest BCUT2D eigenvalue weighted by Crippen LogP contribution is -1.95. The van der Waals surface area contributed by atoms with Gasteiger partial charge in [0, 0.05) is 18.6 Å². The molecule has 4 nitrogen and oxygen atoms in total. The third-order valence-corrected chi connectivity index (χ3v) is 4.49. The normalized spacial score (nSPS) is 10.3. The third kappa shape index (κ3) is 2.47. The van der Waals surface area contributed by atoms with Crippen molar-refractivity contribution in [1.29, 1.82) is 0 Å². The smallest absolute Gasteiger partial charge is 0.156 e.